The zero-order chi connectivity index (χ0) is 12.2. The van der Waals surface area contributed by atoms with Crippen molar-refractivity contribution in [3.63, 3.8) is 0 Å². The van der Waals surface area contributed by atoms with Crippen LogP contribution >= 0.6 is 0 Å². The second kappa shape index (κ2) is 5.27. The average molecular weight is 239 g/mol. The molecular weight excluding hydrogens is 222 g/mol. The number of aromatic nitrogens is 2. The Morgan fingerprint density at radius 2 is 1.83 bits per heavy atom. The number of nitrogens with one attached hydrogen (secondary N) is 1. The Bertz CT molecular complexity index is 480. The first-order chi connectivity index (χ1) is 8.93. The fraction of sp³-hybridized carbons (Fsp3) is 0.333. The fourth-order valence-electron chi connectivity index (χ4n) is 2.30. The highest BCUT2D eigenvalue weighted by atomic mass is 14.9. The van der Waals surface area contributed by atoms with Crippen molar-refractivity contribution in [3.8, 4) is 0 Å². The number of hydrogen-bond donors (Lipinski definition) is 1. The van der Waals surface area contributed by atoms with E-state index in [1.54, 1.807) is 6.33 Å². The molecule has 3 rings (SSSR count). The Morgan fingerprint density at radius 3 is 2.50 bits per heavy atom. The van der Waals surface area contributed by atoms with Crippen LogP contribution in [0, 0.1) is 5.92 Å². The van der Waals surface area contributed by atoms with E-state index in [1.165, 1.54) is 18.4 Å². The lowest BCUT2D eigenvalue weighted by Gasteiger charge is -2.18. The van der Waals surface area contributed by atoms with Gasteiger partial charge in [-0.25, -0.2) is 9.97 Å². The average Bonchev–Trinajstić information content (AvgIpc) is 3.26. The monoisotopic (exact) mass is 239 g/mol. The van der Waals surface area contributed by atoms with Gasteiger partial charge in [0.15, 0.2) is 0 Å². The number of nitrogens with zero attached hydrogens (tertiary/aromatic N) is 2. The molecule has 1 aliphatic rings. The first kappa shape index (κ1) is 11.4. The van der Waals surface area contributed by atoms with Gasteiger partial charge in [0.05, 0.1) is 0 Å². The molecule has 1 aliphatic carbocycles. The summed E-state index contributed by atoms with van der Waals surface area (Å²) >= 11 is 0. The maximum atomic E-state index is 4.04. The van der Waals surface area contributed by atoms with Gasteiger partial charge in [0.2, 0.25) is 0 Å². The SMILES string of the molecule is c1ccc(C(NCc2cncnc2)C2CC2)cc1. The quantitative estimate of drug-likeness (QED) is 0.871. The van der Waals surface area contributed by atoms with Crippen LogP contribution in [0.5, 0.6) is 0 Å². The van der Waals surface area contributed by atoms with Crippen molar-refractivity contribution >= 4 is 0 Å². The van der Waals surface area contributed by atoms with Crippen LogP contribution < -0.4 is 5.32 Å². The van der Waals surface area contributed by atoms with Crippen molar-refractivity contribution in [1.29, 1.82) is 0 Å². The molecule has 18 heavy (non-hydrogen) atoms. The highest BCUT2D eigenvalue weighted by Crippen LogP contribution is 2.41. The molecule has 0 amide bonds. The van der Waals surface area contributed by atoms with Crippen molar-refractivity contribution in [2.24, 2.45) is 5.92 Å². The van der Waals surface area contributed by atoms with E-state index in [0.29, 0.717) is 6.04 Å². The molecule has 0 saturated heterocycles. The Morgan fingerprint density at radius 1 is 1.11 bits per heavy atom. The minimum absolute atomic E-state index is 0.464. The maximum Gasteiger partial charge on any atom is 0.115 e. The van der Waals surface area contributed by atoms with E-state index in [9.17, 15) is 0 Å². The maximum absolute atomic E-state index is 4.04. The highest BCUT2D eigenvalue weighted by molar-refractivity contribution is 5.21. The first-order valence-electron chi connectivity index (χ1n) is 6.46. The van der Waals surface area contributed by atoms with E-state index < -0.39 is 0 Å². The molecule has 1 aromatic carbocycles. The van der Waals surface area contributed by atoms with Crippen molar-refractivity contribution < 1.29 is 0 Å². The van der Waals surface area contributed by atoms with Crippen LogP contribution in [0.3, 0.4) is 0 Å². The largest absolute Gasteiger partial charge is 0.305 e. The number of rotatable bonds is 5. The second-order valence-corrected chi connectivity index (χ2v) is 4.85. The highest BCUT2D eigenvalue weighted by Gasteiger charge is 2.31. The van der Waals surface area contributed by atoms with Crippen molar-refractivity contribution in [2.45, 2.75) is 25.4 Å². The van der Waals surface area contributed by atoms with E-state index in [-0.39, 0.29) is 0 Å². The third kappa shape index (κ3) is 2.74. The normalized spacial score (nSPS) is 16.4. The van der Waals surface area contributed by atoms with E-state index in [4.69, 9.17) is 0 Å². The molecule has 2 aromatic rings. The van der Waals surface area contributed by atoms with Gasteiger partial charge in [-0.3, -0.25) is 0 Å². The zero-order valence-corrected chi connectivity index (χ0v) is 10.3. The van der Waals surface area contributed by atoms with Crippen molar-refractivity contribution in [1.82, 2.24) is 15.3 Å². The Kier molecular flexibility index (Phi) is 3.33. The summed E-state index contributed by atoms with van der Waals surface area (Å²) in [4.78, 5) is 8.09. The summed E-state index contributed by atoms with van der Waals surface area (Å²) < 4.78 is 0. The summed E-state index contributed by atoms with van der Waals surface area (Å²) in [6.45, 7) is 0.830. The number of hydrogen-bond acceptors (Lipinski definition) is 3. The van der Waals surface area contributed by atoms with Gasteiger partial charge in [-0.15, -0.1) is 0 Å². The van der Waals surface area contributed by atoms with E-state index in [1.807, 2.05) is 12.4 Å². The molecule has 1 atom stereocenters. The van der Waals surface area contributed by atoms with Crippen LogP contribution in [-0.4, -0.2) is 9.97 Å². The third-order valence-corrected chi connectivity index (χ3v) is 3.39. The van der Waals surface area contributed by atoms with E-state index in [2.05, 4.69) is 45.6 Å². The molecule has 1 N–H and O–H groups in total. The molecule has 1 fully saturated rings. The fourth-order valence-corrected chi connectivity index (χ4v) is 2.30. The molecule has 0 radical (unpaired) electrons. The lowest BCUT2D eigenvalue weighted by molar-refractivity contribution is 0.479. The van der Waals surface area contributed by atoms with Crippen LogP contribution in [-0.2, 0) is 6.54 Å². The molecular formula is C15H17N3. The topological polar surface area (TPSA) is 37.8 Å². The lowest BCUT2D eigenvalue weighted by atomic mass is 10.0. The summed E-state index contributed by atoms with van der Waals surface area (Å²) in [5.41, 5.74) is 2.52. The predicted octanol–water partition coefficient (Wildman–Crippen LogP) is 2.72. The Balaban J connectivity index is 1.68. The Hall–Kier alpha value is -1.74. The number of benzene rings is 1. The van der Waals surface area contributed by atoms with Crippen LogP contribution in [0.25, 0.3) is 0 Å². The van der Waals surface area contributed by atoms with Crippen LogP contribution in [0.2, 0.25) is 0 Å². The molecule has 3 nitrogen and oxygen atoms in total. The molecule has 92 valence electrons. The second-order valence-electron chi connectivity index (χ2n) is 4.85. The van der Waals surface area contributed by atoms with E-state index in [0.717, 1.165) is 18.0 Å². The summed E-state index contributed by atoms with van der Waals surface area (Å²) in [7, 11) is 0. The van der Waals surface area contributed by atoms with Crippen molar-refractivity contribution in [3.05, 3.63) is 60.2 Å². The van der Waals surface area contributed by atoms with Gasteiger partial charge in [-0.2, -0.15) is 0 Å². The predicted molar refractivity (Wildman–Crippen MR) is 70.8 cm³/mol. The minimum Gasteiger partial charge on any atom is -0.305 e. The van der Waals surface area contributed by atoms with Crippen LogP contribution in [0.4, 0.5) is 0 Å². The van der Waals surface area contributed by atoms with Gasteiger partial charge in [-0.05, 0) is 24.3 Å². The summed E-state index contributed by atoms with van der Waals surface area (Å²) in [5.74, 6) is 0.789. The van der Waals surface area contributed by atoms with Gasteiger partial charge in [-0.1, -0.05) is 30.3 Å². The molecule has 0 spiro atoms. The van der Waals surface area contributed by atoms with Gasteiger partial charge in [0, 0.05) is 30.5 Å². The summed E-state index contributed by atoms with van der Waals surface area (Å²) in [5, 5.41) is 3.63. The first-order valence-corrected chi connectivity index (χ1v) is 6.46. The molecule has 0 bridgehead atoms. The smallest absolute Gasteiger partial charge is 0.115 e. The Labute approximate surface area is 107 Å². The lowest BCUT2D eigenvalue weighted by Crippen LogP contribution is -2.22. The van der Waals surface area contributed by atoms with Gasteiger partial charge < -0.3 is 5.32 Å². The molecule has 1 unspecified atom stereocenters. The van der Waals surface area contributed by atoms with Crippen LogP contribution in [0.15, 0.2) is 49.1 Å². The van der Waals surface area contributed by atoms with Gasteiger partial charge in [0.25, 0.3) is 0 Å². The molecule has 0 aliphatic heterocycles. The molecule has 1 saturated carbocycles. The van der Waals surface area contributed by atoms with E-state index >= 15 is 0 Å². The summed E-state index contributed by atoms with van der Waals surface area (Å²) in [6, 6.07) is 11.2. The summed E-state index contributed by atoms with van der Waals surface area (Å²) in [6.07, 6.45) is 7.97. The van der Waals surface area contributed by atoms with Crippen molar-refractivity contribution in [2.75, 3.05) is 0 Å². The standard InChI is InChI=1S/C15H17N3/c1-2-4-13(5-3-1)15(14-6-7-14)18-10-12-8-16-11-17-9-12/h1-5,8-9,11,14-15,18H,6-7,10H2. The van der Waals surface area contributed by atoms with Gasteiger partial charge >= 0.3 is 0 Å². The zero-order valence-electron chi connectivity index (χ0n) is 10.3. The van der Waals surface area contributed by atoms with Crippen LogP contribution in [0.1, 0.15) is 30.0 Å². The third-order valence-electron chi connectivity index (χ3n) is 3.39. The van der Waals surface area contributed by atoms with Gasteiger partial charge in [0.1, 0.15) is 6.33 Å². The molecule has 1 aromatic heterocycles. The molecule has 3 heteroatoms. The minimum atomic E-state index is 0.464. The molecule has 1 heterocycles.